The number of thiazole rings is 1. The monoisotopic (exact) mass is 264 g/mol. The fourth-order valence-electron chi connectivity index (χ4n) is 3.47. The number of nitrogens with two attached hydrogens (primary N) is 1. The first-order valence-corrected chi connectivity index (χ1v) is 7.84. The molecule has 98 valence electrons. The predicted octanol–water partition coefficient (Wildman–Crippen LogP) is 1.15. The molecule has 3 aliphatic heterocycles. The van der Waals surface area contributed by atoms with Crippen molar-refractivity contribution >= 4 is 11.3 Å². The highest BCUT2D eigenvalue weighted by Crippen LogP contribution is 2.38. The molecule has 2 unspecified atom stereocenters. The Labute approximate surface area is 112 Å². The average Bonchev–Trinajstić information content (AvgIpc) is 2.85. The summed E-state index contributed by atoms with van der Waals surface area (Å²) in [7, 11) is 0. The summed E-state index contributed by atoms with van der Waals surface area (Å²) in [6.45, 7) is 6.06. The molecule has 0 radical (unpaired) electrons. The predicted molar refractivity (Wildman–Crippen MR) is 72.7 cm³/mol. The SMILES string of the molecule is NC1CCCc2nc(C3CN4CCN3CC4)sc21. The molecule has 5 rings (SSSR count). The molecule has 0 amide bonds. The zero-order chi connectivity index (χ0) is 12.1. The van der Waals surface area contributed by atoms with Crippen LogP contribution in [0.1, 0.15) is 40.5 Å². The molecular weight excluding hydrogens is 244 g/mol. The van der Waals surface area contributed by atoms with Gasteiger partial charge in [0.2, 0.25) is 0 Å². The molecule has 5 heteroatoms. The van der Waals surface area contributed by atoms with Crippen molar-refractivity contribution in [3.63, 3.8) is 0 Å². The molecule has 0 spiro atoms. The number of nitrogens with zero attached hydrogens (tertiary/aromatic N) is 3. The third-order valence-electron chi connectivity index (χ3n) is 4.57. The Morgan fingerprint density at radius 1 is 1.22 bits per heavy atom. The molecule has 1 aromatic rings. The van der Waals surface area contributed by atoms with Crippen molar-refractivity contribution < 1.29 is 0 Å². The molecule has 2 bridgehead atoms. The molecule has 2 atom stereocenters. The lowest BCUT2D eigenvalue weighted by Crippen LogP contribution is -2.56. The number of hydrogen-bond donors (Lipinski definition) is 1. The Kier molecular flexibility index (Phi) is 2.69. The van der Waals surface area contributed by atoms with E-state index >= 15 is 0 Å². The van der Waals surface area contributed by atoms with Crippen LogP contribution < -0.4 is 5.73 Å². The van der Waals surface area contributed by atoms with E-state index in [9.17, 15) is 0 Å². The zero-order valence-electron chi connectivity index (χ0n) is 10.6. The molecule has 1 aromatic heterocycles. The number of hydrogen-bond acceptors (Lipinski definition) is 5. The minimum Gasteiger partial charge on any atom is -0.323 e. The summed E-state index contributed by atoms with van der Waals surface area (Å²) in [6.07, 6.45) is 3.48. The van der Waals surface area contributed by atoms with E-state index in [0.717, 1.165) is 12.8 Å². The van der Waals surface area contributed by atoms with Crippen LogP contribution in [0.2, 0.25) is 0 Å². The lowest BCUT2D eigenvalue weighted by atomic mass is 9.99. The highest BCUT2D eigenvalue weighted by atomic mass is 32.1. The largest absolute Gasteiger partial charge is 0.323 e. The van der Waals surface area contributed by atoms with Crippen LogP contribution in [-0.2, 0) is 6.42 Å². The van der Waals surface area contributed by atoms with Crippen molar-refractivity contribution in [2.45, 2.75) is 31.3 Å². The van der Waals surface area contributed by atoms with Gasteiger partial charge in [0, 0.05) is 43.6 Å². The normalized spacial score (nSPS) is 38.7. The van der Waals surface area contributed by atoms with E-state index in [1.165, 1.54) is 54.7 Å². The van der Waals surface area contributed by atoms with Crippen molar-refractivity contribution in [3.8, 4) is 0 Å². The van der Waals surface area contributed by atoms with Gasteiger partial charge in [-0.3, -0.25) is 9.80 Å². The van der Waals surface area contributed by atoms with Crippen LogP contribution in [0.4, 0.5) is 0 Å². The van der Waals surface area contributed by atoms with Gasteiger partial charge in [-0.15, -0.1) is 11.3 Å². The van der Waals surface area contributed by atoms with Crippen molar-refractivity contribution in [3.05, 3.63) is 15.6 Å². The Hall–Kier alpha value is -0.490. The van der Waals surface area contributed by atoms with Gasteiger partial charge in [-0.2, -0.15) is 0 Å². The standard InChI is InChI=1S/C13H20N4S/c14-9-2-1-3-10-12(9)18-13(15-10)11-8-16-4-6-17(11)7-5-16/h9,11H,1-8,14H2. The summed E-state index contributed by atoms with van der Waals surface area (Å²) >= 11 is 1.89. The Balaban J connectivity index is 1.65. The third-order valence-corrected chi connectivity index (χ3v) is 5.90. The highest BCUT2D eigenvalue weighted by molar-refractivity contribution is 7.12. The molecule has 4 heterocycles. The van der Waals surface area contributed by atoms with Crippen molar-refractivity contribution in [1.82, 2.24) is 14.8 Å². The molecule has 0 saturated carbocycles. The Bertz CT molecular complexity index is 450. The first-order chi connectivity index (χ1) is 8.81. The van der Waals surface area contributed by atoms with E-state index < -0.39 is 0 Å². The molecule has 4 aliphatic rings. The van der Waals surface area contributed by atoms with E-state index in [4.69, 9.17) is 10.7 Å². The molecule has 1 aliphatic carbocycles. The molecule has 4 nitrogen and oxygen atoms in total. The van der Waals surface area contributed by atoms with Gasteiger partial charge in [-0.25, -0.2) is 4.98 Å². The molecule has 3 saturated heterocycles. The summed E-state index contributed by atoms with van der Waals surface area (Å²) in [4.78, 5) is 11.5. The van der Waals surface area contributed by atoms with E-state index in [1.54, 1.807) is 0 Å². The number of rotatable bonds is 1. The summed E-state index contributed by atoms with van der Waals surface area (Å²) in [5, 5.41) is 1.32. The first kappa shape index (κ1) is 11.3. The number of piperazine rings is 3. The molecule has 18 heavy (non-hydrogen) atoms. The summed E-state index contributed by atoms with van der Waals surface area (Å²) in [5.74, 6) is 0. The lowest BCUT2D eigenvalue weighted by Gasteiger charge is -2.46. The van der Waals surface area contributed by atoms with Gasteiger partial charge in [-0.05, 0) is 19.3 Å². The van der Waals surface area contributed by atoms with Crippen molar-refractivity contribution in [1.29, 1.82) is 0 Å². The summed E-state index contributed by atoms with van der Waals surface area (Å²) in [6, 6.07) is 0.784. The number of fused-ring (bicyclic) bond motifs is 4. The second-order valence-corrected chi connectivity index (χ2v) is 6.78. The zero-order valence-corrected chi connectivity index (χ0v) is 11.5. The maximum absolute atomic E-state index is 6.21. The molecule has 3 fully saturated rings. The maximum atomic E-state index is 6.21. The minimum atomic E-state index is 0.246. The van der Waals surface area contributed by atoms with Gasteiger partial charge in [-0.1, -0.05) is 0 Å². The van der Waals surface area contributed by atoms with Crippen LogP contribution in [0, 0.1) is 0 Å². The van der Waals surface area contributed by atoms with Gasteiger partial charge >= 0.3 is 0 Å². The maximum Gasteiger partial charge on any atom is 0.112 e. The average molecular weight is 264 g/mol. The third kappa shape index (κ3) is 1.72. The Morgan fingerprint density at radius 2 is 2.06 bits per heavy atom. The van der Waals surface area contributed by atoms with Gasteiger partial charge in [0.05, 0.1) is 11.7 Å². The Morgan fingerprint density at radius 3 is 2.72 bits per heavy atom. The number of aryl methyl sites for hydroxylation is 1. The van der Waals surface area contributed by atoms with Crippen molar-refractivity contribution in [2.24, 2.45) is 5.73 Å². The highest BCUT2D eigenvalue weighted by Gasteiger charge is 2.35. The van der Waals surface area contributed by atoms with Gasteiger partial charge in [0.25, 0.3) is 0 Å². The number of aromatic nitrogens is 1. The van der Waals surface area contributed by atoms with E-state index in [0.29, 0.717) is 6.04 Å². The van der Waals surface area contributed by atoms with Crippen LogP contribution in [0.5, 0.6) is 0 Å². The van der Waals surface area contributed by atoms with Crippen molar-refractivity contribution in [2.75, 3.05) is 32.7 Å². The summed E-state index contributed by atoms with van der Waals surface area (Å²) in [5.41, 5.74) is 7.51. The second-order valence-electron chi connectivity index (χ2n) is 5.71. The van der Waals surface area contributed by atoms with Crippen LogP contribution in [0.15, 0.2) is 0 Å². The van der Waals surface area contributed by atoms with E-state index in [1.807, 2.05) is 11.3 Å². The molecule has 2 N–H and O–H groups in total. The van der Waals surface area contributed by atoms with E-state index in [2.05, 4.69) is 9.80 Å². The topological polar surface area (TPSA) is 45.4 Å². The van der Waals surface area contributed by atoms with E-state index in [-0.39, 0.29) is 6.04 Å². The summed E-state index contributed by atoms with van der Waals surface area (Å²) < 4.78 is 0. The lowest BCUT2D eigenvalue weighted by molar-refractivity contribution is 0.0122. The smallest absolute Gasteiger partial charge is 0.112 e. The first-order valence-electron chi connectivity index (χ1n) is 7.03. The van der Waals surface area contributed by atoms with Gasteiger partial charge in [0.15, 0.2) is 0 Å². The fourth-order valence-corrected chi connectivity index (χ4v) is 4.74. The van der Waals surface area contributed by atoms with Crippen LogP contribution >= 0.6 is 11.3 Å². The van der Waals surface area contributed by atoms with Crippen LogP contribution in [-0.4, -0.2) is 47.5 Å². The van der Waals surface area contributed by atoms with Crippen LogP contribution in [0.25, 0.3) is 0 Å². The van der Waals surface area contributed by atoms with Crippen LogP contribution in [0.3, 0.4) is 0 Å². The van der Waals surface area contributed by atoms with Gasteiger partial charge in [0.1, 0.15) is 5.01 Å². The minimum absolute atomic E-state index is 0.246. The second kappa shape index (κ2) is 4.27. The molecular formula is C13H20N4S. The molecule has 0 aromatic carbocycles. The fraction of sp³-hybridized carbons (Fsp3) is 0.769. The quantitative estimate of drug-likeness (QED) is 0.826. The van der Waals surface area contributed by atoms with Gasteiger partial charge < -0.3 is 5.73 Å².